The minimum absolute atomic E-state index is 0.112. The molecule has 3 aromatic rings. The van der Waals surface area contributed by atoms with Crippen LogP contribution < -0.4 is 10.7 Å². The zero-order chi connectivity index (χ0) is 24.9. The fraction of sp³-hybridized carbons (Fsp3) is 0.308. The number of nitrogens with zero attached hydrogens (tertiary/aromatic N) is 4. The summed E-state index contributed by atoms with van der Waals surface area (Å²) in [6.07, 6.45) is 0.822. The number of anilines is 1. The summed E-state index contributed by atoms with van der Waals surface area (Å²) < 4.78 is 15.6. The third-order valence-electron chi connectivity index (χ3n) is 6.09. The van der Waals surface area contributed by atoms with Crippen LogP contribution in [0.15, 0.2) is 59.4 Å². The molecular weight excluding hydrogens is 449 g/mol. The molecule has 35 heavy (non-hydrogen) atoms. The van der Waals surface area contributed by atoms with Gasteiger partial charge >= 0.3 is 0 Å². The van der Waals surface area contributed by atoms with Crippen molar-refractivity contribution < 1.29 is 14.0 Å². The fourth-order valence-electron chi connectivity index (χ4n) is 4.17. The Hall–Kier alpha value is -3.85. The van der Waals surface area contributed by atoms with Crippen molar-refractivity contribution >= 4 is 17.5 Å². The third kappa shape index (κ3) is 5.46. The van der Waals surface area contributed by atoms with Gasteiger partial charge in [0.05, 0.1) is 6.54 Å². The summed E-state index contributed by atoms with van der Waals surface area (Å²) >= 11 is 0. The van der Waals surface area contributed by atoms with Crippen molar-refractivity contribution in [3.8, 4) is 5.69 Å². The van der Waals surface area contributed by atoms with Gasteiger partial charge in [-0.3, -0.25) is 19.3 Å². The third-order valence-corrected chi connectivity index (χ3v) is 6.09. The molecule has 0 unspecified atom stereocenters. The minimum atomic E-state index is -0.503. The molecule has 1 saturated heterocycles. The largest absolute Gasteiger partial charge is 0.335 e. The molecular formula is C26H28FN5O3. The number of aryl methyl sites for hydroxylation is 2. The second-order valence-corrected chi connectivity index (χ2v) is 8.49. The number of hydrogen-bond acceptors (Lipinski definition) is 5. The molecule has 0 radical (unpaired) electrons. The monoisotopic (exact) mass is 477 g/mol. The number of benzene rings is 2. The zero-order valence-electron chi connectivity index (χ0n) is 19.8. The van der Waals surface area contributed by atoms with Crippen LogP contribution in [0.1, 0.15) is 28.7 Å². The van der Waals surface area contributed by atoms with E-state index in [1.165, 1.54) is 22.9 Å². The Labute approximate surface area is 203 Å². The topological polar surface area (TPSA) is 87.5 Å². The van der Waals surface area contributed by atoms with Gasteiger partial charge in [-0.1, -0.05) is 37.3 Å². The van der Waals surface area contributed by atoms with Crippen LogP contribution in [-0.2, 0) is 11.2 Å². The van der Waals surface area contributed by atoms with Crippen molar-refractivity contribution in [2.75, 3.05) is 38.0 Å². The summed E-state index contributed by atoms with van der Waals surface area (Å²) in [5.74, 6) is -1.11. The highest BCUT2D eigenvalue weighted by atomic mass is 19.1. The molecule has 1 N–H and O–H groups in total. The molecule has 1 aliphatic heterocycles. The average molecular weight is 478 g/mol. The van der Waals surface area contributed by atoms with E-state index in [1.807, 2.05) is 36.1 Å². The summed E-state index contributed by atoms with van der Waals surface area (Å²) in [6, 6.07) is 15.1. The van der Waals surface area contributed by atoms with Gasteiger partial charge in [0.25, 0.3) is 5.91 Å². The van der Waals surface area contributed by atoms with E-state index in [0.29, 0.717) is 31.9 Å². The van der Waals surface area contributed by atoms with Crippen LogP contribution in [0.3, 0.4) is 0 Å². The van der Waals surface area contributed by atoms with Crippen molar-refractivity contribution in [3.05, 3.63) is 87.6 Å². The molecule has 182 valence electrons. The van der Waals surface area contributed by atoms with Crippen LogP contribution in [0, 0.1) is 12.7 Å². The number of piperazine rings is 1. The lowest BCUT2D eigenvalue weighted by Gasteiger charge is -2.34. The molecule has 4 rings (SSSR count). The molecule has 9 heteroatoms. The van der Waals surface area contributed by atoms with Crippen molar-refractivity contribution in [1.82, 2.24) is 19.6 Å². The summed E-state index contributed by atoms with van der Waals surface area (Å²) in [5.41, 5.74) is 1.72. The molecule has 0 aliphatic carbocycles. The SMILES string of the molecule is CCc1ccccc1NC(=O)CN1CCN(C(=O)c2nn(-c3ccccc3F)c(C)cc2=O)CC1. The first-order chi connectivity index (χ1) is 16.9. The number of para-hydroxylation sites is 2. The van der Waals surface area contributed by atoms with E-state index < -0.39 is 17.2 Å². The number of carbonyl (C=O) groups excluding carboxylic acids is 2. The van der Waals surface area contributed by atoms with E-state index in [2.05, 4.69) is 10.4 Å². The molecule has 8 nitrogen and oxygen atoms in total. The van der Waals surface area contributed by atoms with Gasteiger partial charge in [0, 0.05) is 43.6 Å². The molecule has 2 heterocycles. The lowest BCUT2D eigenvalue weighted by atomic mass is 10.1. The predicted octanol–water partition coefficient (Wildman–Crippen LogP) is 2.64. The number of carbonyl (C=O) groups is 2. The Morgan fingerprint density at radius 2 is 1.71 bits per heavy atom. The summed E-state index contributed by atoms with van der Waals surface area (Å²) in [5, 5.41) is 7.17. The second kappa shape index (κ2) is 10.6. The van der Waals surface area contributed by atoms with Gasteiger partial charge in [-0.05, 0) is 37.1 Å². The molecule has 0 atom stereocenters. The molecule has 1 aromatic heterocycles. The quantitative estimate of drug-likeness (QED) is 0.590. The molecule has 2 amide bonds. The first kappa shape index (κ1) is 24.3. The Kier molecular flexibility index (Phi) is 7.36. The number of halogens is 1. The molecule has 1 aliphatic rings. The van der Waals surface area contributed by atoms with Gasteiger partial charge in [-0.15, -0.1) is 0 Å². The van der Waals surface area contributed by atoms with Gasteiger partial charge in [0.15, 0.2) is 5.69 Å². The number of rotatable bonds is 6. The normalized spacial score (nSPS) is 14.1. The maximum atomic E-state index is 14.3. The van der Waals surface area contributed by atoms with Crippen molar-refractivity contribution in [3.63, 3.8) is 0 Å². The number of aromatic nitrogens is 2. The highest BCUT2D eigenvalue weighted by Crippen LogP contribution is 2.16. The van der Waals surface area contributed by atoms with Crippen LogP contribution in [0.5, 0.6) is 0 Å². The van der Waals surface area contributed by atoms with E-state index >= 15 is 0 Å². The smallest absolute Gasteiger partial charge is 0.278 e. The van der Waals surface area contributed by atoms with Crippen molar-refractivity contribution in [2.45, 2.75) is 20.3 Å². The van der Waals surface area contributed by atoms with E-state index in [9.17, 15) is 18.8 Å². The van der Waals surface area contributed by atoms with Gasteiger partial charge in [0.1, 0.15) is 11.5 Å². The zero-order valence-corrected chi connectivity index (χ0v) is 19.8. The lowest BCUT2D eigenvalue weighted by molar-refractivity contribution is -0.117. The Morgan fingerprint density at radius 3 is 2.43 bits per heavy atom. The summed E-state index contributed by atoms with van der Waals surface area (Å²) in [6.45, 7) is 5.57. The van der Waals surface area contributed by atoms with Crippen LogP contribution in [0.4, 0.5) is 10.1 Å². The average Bonchev–Trinajstić information content (AvgIpc) is 2.85. The molecule has 0 bridgehead atoms. The first-order valence-electron chi connectivity index (χ1n) is 11.6. The standard InChI is InChI=1S/C26H28FN5O3/c1-3-19-8-4-6-10-21(19)28-24(34)17-30-12-14-31(15-13-30)26(35)25-23(33)16-18(2)32(29-25)22-11-7-5-9-20(22)27/h4-11,16H,3,12-15,17H2,1-2H3,(H,28,34). The summed E-state index contributed by atoms with van der Waals surface area (Å²) in [4.78, 5) is 41.7. The molecule has 1 fully saturated rings. The van der Waals surface area contributed by atoms with E-state index in [-0.39, 0.29) is 23.8 Å². The highest BCUT2D eigenvalue weighted by molar-refractivity contribution is 5.93. The number of hydrogen-bond donors (Lipinski definition) is 1. The van der Waals surface area contributed by atoms with E-state index in [4.69, 9.17) is 0 Å². The van der Waals surface area contributed by atoms with E-state index in [0.717, 1.165) is 17.7 Å². The Bertz CT molecular complexity index is 1300. The fourth-order valence-corrected chi connectivity index (χ4v) is 4.17. The number of nitrogens with one attached hydrogen (secondary N) is 1. The summed E-state index contributed by atoms with van der Waals surface area (Å²) in [7, 11) is 0. The van der Waals surface area contributed by atoms with Crippen LogP contribution in [0.2, 0.25) is 0 Å². The number of amides is 2. The molecule has 2 aromatic carbocycles. The lowest BCUT2D eigenvalue weighted by Crippen LogP contribution is -2.51. The van der Waals surface area contributed by atoms with Gasteiger partial charge in [-0.2, -0.15) is 5.10 Å². The maximum absolute atomic E-state index is 14.3. The van der Waals surface area contributed by atoms with E-state index in [1.54, 1.807) is 24.0 Å². The molecule has 0 saturated carbocycles. The van der Waals surface area contributed by atoms with Crippen LogP contribution in [-0.4, -0.2) is 64.1 Å². The van der Waals surface area contributed by atoms with Gasteiger partial charge < -0.3 is 10.2 Å². The predicted molar refractivity (Wildman–Crippen MR) is 131 cm³/mol. The highest BCUT2D eigenvalue weighted by Gasteiger charge is 2.27. The van der Waals surface area contributed by atoms with Gasteiger partial charge in [0.2, 0.25) is 11.3 Å². The van der Waals surface area contributed by atoms with Crippen LogP contribution >= 0.6 is 0 Å². The van der Waals surface area contributed by atoms with Crippen LogP contribution in [0.25, 0.3) is 5.69 Å². The second-order valence-electron chi connectivity index (χ2n) is 8.49. The Balaban J connectivity index is 1.40. The Morgan fingerprint density at radius 1 is 1.03 bits per heavy atom. The maximum Gasteiger partial charge on any atom is 0.278 e. The van der Waals surface area contributed by atoms with Gasteiger partial charge in [-0.25, -0.2) is 9.07 Å². The van der Waals surface area contributed by atoms with Crippen molar-refractivity contribution in [1.29, 1.82) is 0 Å². The van der Waals surface area contributed by atoms with Crippen molar-refractivity contribution in [2.24, 2.45) is 0 Å². The minimum Gasteiger partial charge on any atom is -0.335 e. The molecule has 0 spiro atoms. The first-order valence-corrected chi connectivity index (χ1v) is 11.6.